The summed E-state index contributed by atoms with van der Waals surface area (Å²) < 4.78 is 43.4. The molecule has 0 bridgehead atoms. The van der Waals surface area contributed by atoms with Crippen LogP contribution >= 0.6 is 0 Å². The van der Waals surface area contributed by atoms with Crippen molar-refractivity contribution in [2.45, 2.75) is 31.9 Å². The van der Waals surface area contributed by atoms with Crippen LogP contribution in [0.15, 0.2) is 22.6 Å². The number of nitrogens with zero attached hydrogens (tertiary/aromatic N) is 1. The molecule has 0 atom stereocenters. The molecule has 1 heterocycles. The molecule has 1 aliphatic rings. The second-order valence-electron chi connectivity index (χ2n) is 5.52. The standard InChI is InChI=1S/C14H15F3N2O/c15-14(16,17)9-2-3-11-10(6-9)19-12(20-11)7-13(8-18)4-1-5-13/h2-3,6H,1,4-5,7-8,18H2. The van der Waals surface area contributed by atoms with E-state index in [9.17, 15) is 13.2 Å². The van der Waals surface area contributed by atoms with E-state index in [4.69, 9.17) is 10.2 Å². The van der Waals surface area contributed by atoms with E-state index in [2.05, 4.69) is 4.98 Å². The Labute approximate surface area is 114 Å². The van der Waals surface area contributed by atoms with E-state index < -0.39 is 11.7 Å². The van der Waals surface area contributed by atoms with Gasteiger partial charge in [-0.25, -0.2) is 4.98 Å². The Bertz CT molecular complexity index is 623. The molecule has 2 aromatic rings. The summed E-state index contributed by atoms with van der Waals surface area (Å²) in [6.07, 6.45) is -0.582. The second kappa shape index (κ2) is 4.48. The van der Waals surface area contributed by atoms with Gasteiger partial charge in [0.2, 0.25) is 0 Å². The van der Waals surface area contributed by atoms with Gasteiger partial charge in [-0.15, -0.1) is 0 Å². The molecule has 6 heteroatoms. The molecule has 3 nitrogen and oxygen atoms in total. The average molecular weight is 284 g/mol. The van der Waals surface area contributed by atoms with Gasteiger partial charge in [-0.3, -0.25) is 0 Å². The molecule has 1 aromatic heterocycles. The summed E-state index contributed by atoms with van der Waals surface area (Å²) in [6.45, 7) is 0.555. The molecular weight excluding hydrogens is 269 g/mol. The lowest BCUT2D eigenvalue weighted by Crippen LogP contribution is -2.39. The van der Waals surface area contributed by atoms with Crippen LogP contribution in [0.4, 0.5) is 13.2 Å². The first-order chi connectivity index (χ1) is 9.42. The number of halogens is 3. The zero-order chi connectivity index (χ0) is 14.4. The van der Waals surface area contributed by atoms with Gasteiger partial charge in [0, 0.05) is 6.42 Å². The zero-order valence-electron chi connectivity index (χ0n) is 10.8. The number of rotatable bonds is 3. The molecular formula is C14H15F3N2O. The molecule has 1 saturated carbocycles. The Kier molecular flexibility index (Phi) is 3.01. The van der Waals surface area contributed by atoms with E-state index in [1.807, 2.05) is 0 Å². The summed E-state index contributed by atoms with van der Waals surface area (Å²) in [4.78, 5) is 4.18. The van der Waals surface area contributed by atoms with Crippen LogP contribution in [0.3, 0.4) is 0 Å². The van der Waals surface area contributed by atoms with Gasteiger partial charge in [0.15, 0.2) is 11.5 Å². The van der Waals surface area contributed by atoms with Crippen molar-refractivity contribution in [3.8, 4) is 0 Å². The summed E-state index contributed by atoms with van der Waals surface area (Å²) in [6, 6.07) is 3.36. The fourth-order valence-corrected chi connectivity index (χ4v) is 2.68. The zero-order valence-corrected chi connectivity index (χ0v) is 10.8. The minimum atomic E-state index is -4.36. The van der Waals surface area contributed by atoms with E-state index in [-0.39, 0.29) is 10.9 Å². The lowest BCUT2D eigenvalue weighted by Gasteiger charge is -2.39. The third kappa shape index (κ3) is 2.28. The minimum absolute atomic E-state index is 0.0216. The summed E-state index contributed by atoms with van der Waals surface area (Å²) in [5.41, 5.74) is 5.73. The van der Waals surface area contributed by atoms with Crippen LogP contribution in [-0.4, -0.2) is 11.5 Å². The molecule has 1 fully saturated rings. The Morgan fingerprint density at radius 3 is 2.60 bits per heavy atom. The van der Waals surface area contributed by atoms with Crippen molar-refractivity contribution in [1.82, 2.24) is 4.98 Å². The highest BCUT2D eigenvalue weighted by atomic mass is 19.4. The largest absolute Gasteiger partial charge is 0.441 e. The second-order valence-corrected chi connectivity index (χ2v) is 5.52. The highest BCUT2D eigenvalue weighted by Crippen LogP contribution is 2.43. The lowest BCUT2D eigenvalue weighted by atomic mass is 9.67. The van der Waals surface area contributed by atoms with E-state index in [1.54, 1.807) is 0 Å². The first kappa shape index (κ1) is 13.4. The molecule has 2 N–H and O–H groups in total. The molecule has 1 aromatic carbocycles. The van der Waals surface area contributed by atoms with Crippen LogP contribution in [0.25, 0.3) is 11.1 Å². The Morgan fingerprint density at radius 2 is 2.05 bits per heavy atom. The van der Waals surface area contributed by atoms with Gasteiger partial charge in [0.25, 0.3) is 0 Å². The quantitative estimate of drug-likeness (QED) is 0.938. The van der Waals surface area contributed by atoms with Crippen LogP contribution in [0, 0.1) is 5.41 Å². The normalized spacial score (nSPS) is 18.2. The predicted molar refractivity (Wildman–Crippen MR) is 68.1 cm³/mol. The minimum Gasteiger partial charge on any atom is -0.441 e. The van der Waals surface area contributed by atoms with E-state index in [1.165, 1.54) is 6.07 Å². The molecule has 0 amide bonds. The lowest BCUT2D eigenvalue weighted by molar-refractivity contribution is -0.137. The van der Waals surface area contributed by atoms with Crippen molar-refractivity contribution in [1.29, 1.82) is 0 Å². The smallest absolute Gasteiger partial charge is 0.416 e. The Morgan fingerprint density at radius 1 is 1.30 bits per heavy atom. The van der Waals surface area contributed by atoms with E-state index in [0.29, 0.717) is 24.4 Å². The van der Waals surface area contributed by atoms with Crippen molar-refractivity contribution >= 4 is 11.1 Å². The fraction of sp³-hybridized carbons (Fsp3) is 0.500. The van der Waals surface area contributed by atoms with Crippen LogP contribution in [-0.2, 0) is 12.6 Å². The van der Waals surface area contributed by atoms with E-state index >= 15 is 0 Å². The van der Waals surface area contributed by atoms with Gasteiger partial charge >= 0.3 is 6.18 Å². The van der Waals surface area contributed by atoms with E-state index in [0.717, 1.165) is 31.4 Å². The van der Waals surface area contributed by atoms with Crippen LogP contribution < -0.4 is 5.73 Å². The first-order valence-corrected chi connectivity index (χ1v) is 6.59. The molecule has 108 valence electrons. The molecule has 1 aliphatic carbocycles. The summed E-state index contributed by atoms with van der Waals surface area (Å²) >= 11 is 0. The van der Waals surface area contributed by atoms with Crippen molar-refractivity contribution in [2.75, 3.05) is 6.54 Å². The third-order valence-electron chi connectivity index (χ3n) is 4.13. The molecule has 20 heavy (non-hydrogen) atoms. The van der Waals surface area contributed by atoms with Crippen LogP contribution in [0.2, 0.25) is 0 Å². The number of oxazole rings is 1. The van der Waals surface area contributed by atoms with Gasteiger partial charge in [0.05, 0.1) is 5.56 Å². The average Bonchev–Trinajstić information content (AvgIpc) is 2.73. The van der Waals surface area contributed by atoms with Crippen LogP contribution in [0.1, 0.15) is 30.7 Å². The van der Waals surface area contributed by atoms with Crippen molar-refractivity contribution in [3.63, 3.8) is 0 Å². The number of aromatic nitrogens is 1. The van der Waals surface area contributed by atoms with Crippen molar-refractivity contribution in [2.24, 2.45) is 11.1 Å². The van der Waals surface area contributed by atoms with Gasteiger partial charge < -0.3 is 10.2 Å². The molecule has 3 rings (SSSR count). The highest BCUT2D eigenvalue weighted by molar-refractivity contribution is 5.73. The monoisotopic (exact) mass is 284 g/mol. The number of benzene rings is 1. The Balaban J connectivity index is 1.91. The number of hydrogen-bond acceptors (Lipinski definition) is 3. The summed E-state index contributed by atoms with van der Waals surface area (Å²) in [5.74, 6) is 0.476. The topological polar surface area (TPSA) is 52.0 Å². The molecule has 0 radical (unpaired) electrons. The van der Waals surface area contributed by atoms with Gasteiger partial charge in [-0.2, -0.15) is 13.2 Å². The number of nitrogens with two attached hydrogens (primary N) is 1. The first-order valence-electron chi connectivity index (χ1n) is 6.59. The van der Waals surface area contributed by atoms with Crippen molar-refractivity contribution < 1.29 is 17.6 Å². The maximum Gasteiger partial charge on any atom is 0.416 e. The Hall–Kier alpha value is -1.56. The summed E-state index contributed by atoms with van der Waals surface area (Å²) in [7, 11) is 0. The fourth-order valence-electron chi connectivity index (χ4n) is 2.68. The van der Waals surface area contributed by atoms with Gasteiger partial charge in [-0.1, -0.05) is 6.42 Å². The predicted octanol–water partition coefficient (Wildman–Crippen LogP) is 3.52. The van der Waals surface area contributed by atoms with Gasteiger partial charge in [-0.05, 0) is 43.0 Å². The number of alkyl halides is 3. The molecule has 0 unspecified atom stereocenters. The SMILES string of the molecule is NCC1(Cc2nc3cc(C(F)(F)F)ccc3o2)CCC1. The maximum absolute atomic E-state index is 12.6. The highest BCUT2D eigenvalue weighted by Gasteiger charge is 2.37. The number of hydrogen-bond donors (Lipinski definition) is 1. The number of fused-ring (bicyclic) bond motifs is 1. The molecule has 0 aliphatic heterocycles. The van der Waals surface area contributed by atoms with Gasteiger partial charge in [0.1, 0.15) is 5.52 Å². The summed E-state index contributed by atoms with van der Waals surface area (Å²) in [5, 5.41) is 0. The maximum atomic E-state index is 12.6. The van der Waals surface area contributed by atoms with Crippen LogP contribution in [0.5, 0.6) is 0 Å². The molecule has 0 spiro atoms. The third-order valence-corrected chi connectivity index (χ3v) is 4.13. The molecule has 0 saturated heterocycles. The van der Waals surface area contributed by atoms with Crippen molar-refractivity contribution in [3.05, 3.63) is 29.7 Å².